The number of allylic oxidation sites excluding steroid dienone is 1. The molecule has 0 aromatic carbocycles. The first kappa shape index (κ1) is 15.0. The van der Waals surface area contributed by atoms with Crippen molar-refractivity contribution in [3.63, 3.8) is 0 Å². The lowest BCUT2D eigenvalue weighted by atomic mass is 10.5. The lowest BCUT2D eigenvalue weighted by Gasteiger charge is -2.15. The van der Waals surface area contributed by atoms with Gasteiger partial charge in [-0.2, -0.15) is 0 Å². The maximum Gasteiger partial charge on any atom is 0.389 e. The lowest BCUT2D eigenvalue weighted by molar-refractivity contribution is -0.137. The predicted octanol–water partition coefficient (Wildman–Crippen LogP) is 2.95. The molecule has 0 unspecified atom stereocenters. The summed E-state index contributed by atoms with van der Waals surface area (Å²) in [7, 11) is 0. The van der Waals surface area contributed by atoms with Gasteiger partial charge in [0.15, 0.2) is 0 Å². The third-order valence-corrected chi connectivity index (χ3v) is 4.95. The predicted molar refractivity (Wildman–Crippen MR) is 64.3 cm³/mol. The summed E-state index contributed by atoms with van der Waals surface area (Å²) in [5.41, 5.74) is 0. The fourth-order valence-corrected chi connectivity index (χ4v) is 3.50. The molecule has 15 heavy (non-hydrogen) atoms. The van der Waals surface area contributed by atoms with Crippen molar-refractivity contribution < 1.29 is 14.0 Å². The van der Waals surface area contributed by atoms with Gasteiger partial charge in [0.1, 0.15) is 0 Å². The Morgan fingerprint density at radius 1 is 1.47 bits per heavy atom. The van der Waals surface area contributed by atoms with Gasteiger partial charge in [-0.1, -0.05) is 6.08 Å². The topological polar surface area (TPSA) is 35.5 Å². The summed E-state index contributed by atoms with van der Waals surface area (Å²) >= 11 is 11.9. The number of hydrogen-bond acceptors (Lipinski definition) is 3. The minimum absolute atomic E-state index is 0.324. The van der Waals surface area contributed by atoms with Gasteiger partial charge in [-0.25, -0.2) is 4.79 Å². The van der Waals surface area contributed by atoms with Crippen LogP contribution in [0.2, 0.25) is 6.04 Å². The molecule has 0 spiro atoms. The van der Waals surface area contributed by atoms with Gasteiger partial charge in [0.2, 0.25) is 0 Å². The van der Waals surface area contributed by atoms with Crippen LogP contribution in [0.1, 0.15) is 20.3 Å². The molecule has 0 atom stereocenters. The number of halogens is 2. The monoisotopic (exact) mass is 270 g/mol. The van der Waals surface area contributed by atoms with Crippen LogP contribution in [0.15, 0.2) is 12.2 Å². The second-order valence-electron chi connectivity index (χ2n) is 2.84. The van der Waals surface area contributed by atoms with E-state index in [1.54, 1.807) is 13.0 Å². The number of hydrogen-bond donors (Lipinski definition) is 0. The van der Waals surface area contributed by atoms with Crippen molar-refractivity contribution in [1.29, 1.82) is 0 Å². The van der Waals surface area contributed by atoms with Crippen LogP contribution in [0.4, 0.5) is 0 Å². The van der Waals surface area contributed by atoms with E-state index < -0.39 is 6.94 Å². The van der Waals surface area contributed by atoms with Gasteiger partial charge < -0.3 is 9.16 Å². The van der Waals surface area contributed by atoms with Gasteiger partial charge in [0, 0.05) is 12.7 Å². The Morgan fingerprint density at radius 3 is 2.67 bits per heavy atom. The van der Waals surface area contributed by atoms with E-state index in [0.717, 1.165) is 0 Å². The molecule has 0 aromatic heterocycles. The highest BCUT2D eigenvalue weighted by molar-refractivity contribution is 7.42. The number of carbonyl (C=O) groups is 1. The third-order valence-electron chi connectivity index (χ3n) is 1.51. The van der Waals surface area contributed by atoms with Crippen molar-refractivity contribution in [2.45, 2.75) is 26.3 Å². The normalized spacial score (nSPS) is 12.0. The molecule has 0 rings (SSSR count). The average molecular weight is 271 g/mol. The Morgan fingerprint density at radius 2 is 2.13 bits per heavy atom. The standard InChI is InChI=1S/C9H16Cl2O3Si/c1-3-6-9(12)13-7-5-8-15(10,11)14-4-2/h3,6H,4-5,7-8H2,1-2H3. The lowest BCUT2D eigenvalue weighted by Crippen LogP contribution is -2.24. The quantitative estimate of drug-likeness (QED) is 0.235. The zero-order valence-corrected chi connectivity index (χ0v) is 11.5. The van der Waals surface area contributed by atoms with Gasteiger partial charge in [0.05, 0.1) is 6.61 Å². The highest BCUT2D eigenvalue weighted by Gasteiger charge is 2.29. The highest BCUT2D eigenvalue weighted by Crippen LogP contribution is 2.23. The highest BCUT2D eigenvalue weighted by atomic mass is 35.7. The molecule has 88 valence electrons. The summed E-state index contributed by atoms with van der Waals surface area (Å²) in [5, 5.41) is 0. The Bertz CT molecular complexity index is 219. The summed E-state index contributed by atoms with van der Waals surface area (Å²) in [4.78, 5) is 10.9. The third kappa shape index (κ3) is 8.93. The minimum atomic E-state index is -2.56. The Kier molecular flexibility index (Phi) is 8.14. The largest absolute Gasteiger partial charge is 0.463 e. The van der Waals surface area contributed by atoms with E-state index in [1.807, 2.05) is 6.92 Å². The summed E-state index contributed by atoms with van der Waals surface area (Å²) in [5.74, 6) is -0.342. The van der Waals surface area contributed by atoms with Crippen LogP contribution in [0, 0.1) is 0 Å². The Balaban J connectivity index is 3.57. The molecule has 0 aliphatic rings. The van der Waals surface area contributed by atoms with E-state index >= 15 is 0 Å². The van der Waals surface area contributed by atoms with Crippen molar-refractivity contribution >= 4 is 35.1 Å². The summed E-state index contributed by atoms with van der Waals surface area (Å²) < 4.78 is 10.1. The number of ether oxygens (including phenoxy) is 1. The van der Waals surface area contributed by atoms with Gasteiger partial charge in [-0.05, 0) is 26.3 Å². The SMILES string of the molecule is CC=CC(=O)OCCC[Si](Cl)(Cl)OCC. The van der Waals surface area contributed by atoms with Crippen LogP contribution >= 0.6 is 22.2 Å². The van der Waals surface area contributed by atoms with Gasteiger partial charge in [-0.3, -0.25) is 0 Å². The van der Waals surface area contributed by atoms with Gasteiger partial charge in [-0.15, -0.1) is 22.2 Å². The van der Waals surface area contributed by atoms with Crippen molar-refractivity contribution in [3.8, 4) is 0 Å². The van der Waals surface area contributed by atoms with E-state index in [-0.39, 0.29) is 5.97 Å². The van der Waals surface area contributed by atoms with Crippen molar-refractivity contribution in [2.75, 3.05) is 13.2 Å². The maximum atomic E-state index is 10.9. The molecule has 0 saturated heterocycles. The first-order valence-corrected chi connectivity index (χ1v) is 8.97. The van der Waals surface area contributed by atoms with E-state index in [0.29, 0.717) is 25.7 Å². The molecule has 6 heteroatoms. The minimum Gasteiger partial charge on any atom is -0.463 e. The Hall–Kier alpha value is -0.0331. The second kappa shape index (κ2) is 8.16. The Labute approximate surface area is 101 Å². The molecule has 0 N–H and O–H groups in total. The molecule has 0 fully saturated rings. The number of esters is 1. The van der Waals surface area contributed by atoms with Crippen molar-refractivity contribution in [1.82, 2.24) is 0 Å². The fraction of sp³-hybridized carbons (Fsp3) is 0.667. The molecule has 0 aliphatic heterocycles. The van der Waals surface area contributed by atoms with E-state index in [9.17, 15) is 4.79 Å². The molecule has 0 amide bonds. The van der Waals surface area contributed by atoms with E-state index in [1.165, 1.54) is 6.08 Å². The molecule has 0 saturated carbocycles. The van der Waals surface area contributed by atoms with Gasteiger partial charge >= 0.3 is 12.9 Å². The first-order valence-electron chi connectivity index (χ1n) is 4.83. The first-order chi connectivity index (χ1) is 7.02. The van der Waals surface area contributed by atoms with Crippen molar-refractivity contribution in [3.05, 3.63) is 12.2 Å². The van der Waals surface area contributed by atoms with Crippen LogP contribution in [0.5, 0.6) is 0 Å². The zero-order valence-electron chi connectivity index (χ0n) is 8.96. The summed E-state index contributed by atoms with van der Waals surface area (Å²) in [6.07, 6.45) is 3.63. The second-order valence-corrected chi connectivity index (χ2v) is 9.15. The van der Waals surface area contributed by atoms with Crippen LogP contribution in [-0.4, -0.2) is 26.1 Å². The van der Waals surface area contributed by atoms with Crippen LogP contribution in [0.25, 0.3) is 0 Å². The maximum absolute atomic E-state index is 10.9. The number of rotatable bonds is 7. The molecule has 0 aliphatic carbocycles. The molecular weight excluding hydrogens is 255 g/mol. The summed E-state index contributed by atoms with van der Waals surface area (Å²) in [6, 6.07) is 0.563. The van der Waals surface area contributed by atoms with E-state index in [4.69, 9.17) is 31.3 Å². The average Bonchev–Trinajstić information content (AvgIpc) is 2.13. The fourth-order valence-electron chi connectivity index (χ4n) is 0.918. The molecule has 3 nitrogen and oxygen atoms in total. The molecule has 0 heterocycles. The zero-order chi connectivity index (χ0) is 11.7. The van der Waals surface area contributed by atoms with Crippen LogP contribution < -0.4 is 0 Å². The molecular formula is C9H16Cl2O3Si. The smallest absolute Gasteiger partial charge is 0.389 e. The van der Waals surface area contributed by atoms with Crippen LogP contribution in [-0.2, 0) is 14.0 Å². The van der Waals surface area contributed by atoms with Gasteiger partial charge in [0.25, 0.3) is 0 Å². The summed E-state index contributed by atoms with van der Waals surface area (Å²) in [6.45, 7) is 1.88. The molecule has 0 aromatic rings. The van der Waals surface area contributed by atoms with Crippen molar-refractivity contribution in [2.24, 2.45) is 0 Å². The van der Waals surface area contributed by atoms with Crippen LogP contribution in [0.3, 0.4) is 0 Å². The van der Waals surface area contributed by atoms with E-state index in [2.05, 4.69) is 0 Å². The molecule has 0 radical (unpaired) electrons. The number of carbonyl (C=O) groups excluding carboxylic acids is 1. The molecule has 0 bridgehead atoms.